The summed E-state index contributed by atoms with van der Waals surface area (Å²) in [4.78, 5) is 43.5. The van der Waals surface area contributed by atoms with Gasteiger partial charge in [-0.25, -0.2) is 4.98 Å². The number of allylic oxidation sites excluding steroid dienone is 1. The molecule has 1 amide bonds. The van der Waals surface area contributed by atoms with E-state index in [2.05, 4.69) is 56.8 Å². The molecule has 2 aromatic heterocycles. The molecule has 0 aliphatic carbocycles. The van der Waals surface area contributed by atoms with Crippen molar-refractivity contribution < 1.29 is 4.79 Å². The third kappa shape index (κ3) is 5.37. The quantitative estimate of drug-likeness (QED) is 0.283. The van der Waals surface area contributed by atoms with Gasteiger partial charge in [0.05, 0.1) is 16.7 Å². The van der Waals surface area contributed by atoms with Gasteiger partial charge >= 0.3 is 0 Å². The molecule has 0 unspecified atom stereocenters. The number of aromatic amines is 2. The van der Waals surface area contributed by atoms with Gasteiger partial charge in [-0.2, -0.15) is 0 Å². The summed E-state index contributed by atoms with van der Waals surface area (Å²) in [5, 5.41) is 3.36. The number of imidazole rings is 1. The largest absolute Gasteiger partial charge is 0.378 e. The highest BCUT2D eigenvalue weighted by Gasteiger charge is 2.29. The van der Waals surface area contributed by atoms with Crippen LogP contribution in [0.15, 0.2) is 59.7 Å². The number of aryl methyl sites for hydroxylation is 1. The third-order valence-electron chi connectivity index (χ3n) is 8.23. The molecule has 4 heterocycles. The van der Waals surface area contributed by atoms with Crippen LogP contribution in [0.1, 0.15) is 39.9 Å². The van der Waals surface area contributed by atoms with Crippen LogP contribution < -0.4 is 15.8 Å². The number of pyridine rings is 1. The zero-order chi connectivity index (χ0) is 28.7. The second-order valence-corrected chi connectivity index (χ2v) is 11.4. The summed E-state index contributed by atoms with van der Waals surface area (Å²) >= 11 is 0. The molecule has 212 valence electrons. The van der Waals surface area contributed by atoms with Crippen LogP contribution >= 0.6 is 0 Å². The second-order valence-electron chi connectivity index (χ2n) is 11.4. The molecule has 1 saturated heterocycles. The van der Waals surface area contributed by atoms with Crippen molar-refractivity contribution in [3.05, 3.63) is 87.5 Å². The highest BCUT2D eigenvalue weighted by molar-refractivity contribution is 6.02. The Morgan fingerprint density at radius 3 is 2.68 bits per heavy atom. The Kier molecular flexibility index (Phi) is 7.13. The summed E-state index contributed by atoms with van der Waals surface area (Å²) in [7, 11) is 4.04. The lowest BCUT2D eigenvalue weighted by molar-refractivity contribution is 0.0763. The molecule has 0 spiro atoms. The number of rotatable bonds is 9. The van der Waals surface area contributed by atoms with E-state index < -0.39 is 0 Å². The molecule has 9 nitrogen and oxygen atoms in total. The Morgan fingerprint density at radius 2 is 1.90 bits per heavy atom. The first-order valence-electron chi connectivity index (χ1n) is 14.2. The number of H-pyrrole nitrogens is 2. The molecule has 2 aliphatic heterocycles. The van der Waals surface area contributed by atoms with Gasteiger partial charge in [-0.05, 0) is 79.9 Å². The lowest BCUT2D eigenvalue weighted by Gasteiger charge is -2.20. The van der Waals surface area contributed by atoms with Gasteiger partial charge in [-0.1, -0.05) is 12.6 Å². The van der Waals surface area contributed by atoms with Crippen molar-refractivity contribution in [2.75, 3.05) is 50.5 Å². The number of carbonyl (C=O) groups is 1. The highest BCUT2D eigenvalue weighted by Crippen LogP contribution is 2.31. The van der Waals surface area contributed by atoms with Gasteiger partial charge in [-0.3, -0.25) is 9.59 Å². The monoisotopic (exact) mass is 551 g/mol. The number of aromatic nitrogens is 3. The second kappa shape index (κ2) is 10.9. The number of hydrogen-bond acceptors (Lipinski definition) is 6. The molecule has 6 rings (SSSR count). The van der Waals surface area contributed by atoms with Crippen molar-refractivity contribution in [1.82, 2.24) is 24.8 Å². The molecule has 2 aromatic carbocycles. The fourth-order valence-corrected chi connectivity index (χ4v) is 5.86. The van der Waals surface area contributed by atoms with E-state index >= 15 is 0 Å². The van der Waals surface area contributed by atoms with Crippen LogP contribution in [0.2, 0.25) is 0 Å². The van der Waals surface area contributed by atoms with E-state index in [1.54, 1.807) is 6.20 Å². The van der Waals surface area contributed by atoms with Gasteiger partial charge in [0.1, 0.15) is 11.4 Å². The van der Waals surface area contributed by atoms with Crippen LogP contribution in [-0.2, 0) is 13.0 Å². The fraction of sp³-hybridized carbons (Fsp3) is 0.344. The van der Waals surface area contributed by atoms with Gasteiger partial charge in [-0.15, -0.1) is 0 Å². The average molecular weight is 552 g/mol. The van der Waals surface area contributed by atoms with Crippen LogP contribution in [-0.4, -0.2) is 70.9 Å². The van der Waals surface area contributed by atoms with Gasteiger partial charge in [0.25, 0.3) is 11.5 Å². The molecular weight excluding hydrogens is 514 g/mol. The third-order valence-corrected chi connectivity index (χ3v) is 8.23. The van der Waals surface area contributed by atoms with Crippen molar-refractivity contribution in [2.45, 2.75) is 32.7 Å². The summed E-state index contributed by atoms with van der Waals surface area (Å²) in [5.74, 6) is 0.500. The van der Waals surface area contributed by atoms with E-state index in [0.29, 0.717) is 41.1 Å². The fourth-order valence-electron chi connectivity index (χ4n) is 5.86. The maximum Gasteiger partial charge on any atom is 0.261 e. The Bertz CT molecular complexity index is 1690. The van der Waals surface area contributed by atoms with Crippen molar-refractivity contribution in [3.8, 4) is 11.4 Å². The molecule has 9 heteroatoms. The Hall–Kier alpha value is -4.37. The number of nitrogens with zero attached hydrogens (tertiary/aromatic N) is 4. The Balaban J connectivity index is 1.23. The first kappa shape index (κ1) is 26.8. The number of amides is 1. The van der Waals surface area contributed by atoms with Crippen molar-refractivity contribution in [2.24, 2.45) is 0 Å². The first-order valence-corrected chi connectivity index (χ1v) is 14.2. The highest BCUT2D eigenvalue weighted by atomic mass is 16.2. The topological polar surface area (TPSA) is 100 Å². The standard InChI is InChI=1S/C32H37N7O2/c1-20-7-8-24(37(3)4)16-22(20)15-21(2)34-26-9-10-33-31(40)29(26)30-35-27-17-23-19-39(14-13-38-11-5-6-12-38)32(41)25(23)18-28(27)36-30/h7-10,16-18H,2,5-6,11-15,19H2,1,3-4H3,(H,35,36)(H2,33,34,40). The minimum Gasteiger partial charge on any atom is -0.378 e. The normalized spacial score (nSPS) is 15.1. The molecule has 0 atom stereocenters. The van der Waals surface area contributed by atoms with E-state index in [1.807, 2.05) is 37.2 Å². The maximum absolute atomic E-state index is 13.2. The minimum absolute atomic E-state index is 0.0514. The molecular formula is C32H37N7O2. The summed E-state index contributed by atoms with van der Waals surface area (Å²) < 4.78 is 0. The molecule has 1 fully saturated rings. The van der Waals surface area contributed by atoms with Gasteiger partial charge in [0, 0.05) is 63.3 Å². The van der Waals surface area contributed by atoms with Crippen molar-refractivity contribution in [1.29, 1.82) is 0 Å². The Labute approximate surface area is 239 Å². The molecule has 4 aromatic rings. The van der Waals surface area contributed by atoms with Gasteiger partial charge in [0.15, 0.2) is 0 Å². The lowest BCUT2D eigenvalue weighted by Crippen LogP contribution is -2.33. The molecule has 41 heavy (non-hydrogen) atoms. The van der Waals surface area contributed by atoms with Crippen LogP contribution in [0.5, 0.6) is 0 Å². The van der Waals surface area contributed by atoms with Crippen LogP contribution in [0.3, 0.4) is 0 Å². The molecule has 0 bridgehead atoms. The lowest BCUT2D eigenvalue weighted by atomic mass is 10.0. The average Bonchev–Trinajstić information content (AvgIpc) is 3.67. The number of fused-ring (bicyclic) bond motifs is 2. The smallest absolute Gasteiger partial charge is 0.261 e. The minimum atomic E-state index is -0.260. The first-order chi connectivity index (χ1) is 19.8. The predicted octanol–water partition coefficient (Wildman–Crippen LogP) is 4.51. The van der Waals surface area contributed by atoms with Crippen LogP contribution in [0, 0.1) is 6.92 Å². The van der Waals surface area contributed by atoms with Crippen molar-refractivity contribution in [3.63, 3.8) is 0 Å². The zero-order valence-electron chi connectivity index (χ0n) is 24.0. The van der Waals surface area contributed by atoms with Crippen LogP contribution in [0.25, 0.3) is 22.4 Å². The van der Waals surface area contributed by atoms with E-state index in [1.165, 1.54) is 18.4 Å². The van der Waals surface area contributed by atoms with Gasteiger partial charge < -0.3 is 30.0 Å². The summed E-state index contributed by atoms with van der Waals surface area (Å²) in [6.07, 6.45) is 4.72. The summed E-state index contributed by atoms with van der Waals surface area (Å²) in [5.41, 5.74) is 8.15. The van der Waals surface area contributed by atoms with E-state index in [0.717, 1.165) is 54.2 Å². The number of hydrogen-bond donors (Lipinski definition) is 3. The molecule has 0 saturated carbocycles. The van der Waals surface area contributed by atoms with Crippen LogP contribution in [0.4, 0.5) is 11.4 Å². The molecule has 2 aliphatic rings. The Morgan fingerprint density at radius 1 is 1.10 bits per heavy atom. The van der Waals surface area contributed by atoms with E-state index in [4.69, 9.17) is 4.98 Å². The predicted molar refractivity (Wildman–Crippen MR) is 165 cm³/mol. The summed E-state index contributed by atoms with van der Waals surface area (Å²) in [6.45, 7) is 10.8. The zero-order valence-corrected chi connectivity index (χ0v) is 24.0. The number of anilines is 2. The number of benzene rings is 2. The summed E-state index contributed by atoms with van der Waals surface area (Å²) in [6, 6.07) is 12.0. The molecule has 3 N–H and O–H groups in total. The van der Waals surface area contributed by atoms with Crippen molar-refractivity contribution >= 4 is 28.3 Å². The maximum atomic E-state index is 13.2. The molecule has 0 radical (unpaired) electrons. The SMILES string of the molecule is C=C(Cc1cc(N(C)C)ccc1C)Nc1cc[nH]c(=O)c1-c1nc2cc3c(cc2[nH]1)CN(CCN1CCCC1)C3=O. The number of carbonyl (C=O) groups excluding carboxylic acids is 1. The number of nitrogens with one attached hydrogen (secondary N) is 3. The van der Waals surface area contributed by atoms with E-state index in [9.17, 15) is 9.59 Å². The number of likely N-dealkylation sites (tertiary alicyclic amines) is 1. The van der Waals surface area contributed by atoms with E-state index in [-0.39, 0.29) is 11.5 Å². The van der Waals surface area contributed by atoms with Gasteiger partial charge in [0.2, 0.25) is 0 Å².